The summed E-state index contributed by atoms with van der Waals surface area (Å²) in [6, 6.07) is 5.22. The van der Waals surface area contributed by atoms with Crippen molar-refractivity contribution in [2.45, 2.75) is 57.7 Å². The molecule has 9 nitrogen and oxygen atoms in total. The summed E-state index contributed by atoms with van der Waals surface area (Å²) < 4.78 is 0. The molecule has 1 aromatic heterocycles. The first kappa shape index (κ1) is 20.7. The standard InChI is InChI=1S/C20H28N8O/c1-19(2)10-14(11-20(3,4)28-19)24-17-12-22-18(27-26-17)15-6-5-13(9-16(15)29)25-23-8-7-21/h5-9,12,14,21,25,28-29H,10-11H2,1-4H3,(H,24,26)/b21-7?,23-8-. The van der Waals surface area contributed by atoms with Crippen molar-refractivity contribution in [2.24, 2.45) is 5.10 Å². The maximum absolute atomic E-state index is 10.3. The van der Waals surface area contributed by atoms with Crippen LogP contribution in [0.2, 0.25) is 0 Å². The van der Waals surface area contributed by atoms with Gasteiger partial charge in [-0.1, -0.05) is 0 Å². The third-order valence-electron chi connectivity index (χ3n) is 4.69. The number of hydrogen-bond donors (Lipinski definition) is 5. The predicted molar refractivity (Wildman–Crippen MR) is 116 cm³/mol. The van der Waals surface area contributed by atoms with Crippen LogP contribution in [0, 0.1) is 5.41 Å². The normalized spacial score (nSPS) is 18.5. The van der Waals surface area contributed by atoms with Gasteiger partial charge in [-0.25, -0.2) is 4.98 Å². The van der Waals surface area contributed by atoms with Crippen LogP contribution in [0.1, 0.15) is 40.5 Å². The average Bonchev–Trinajstić information content (AvgIpc) is 2.60. The van der Waals surface area contributed by atoms with Gasteiger partial charge in [0.1, 0.15) is 5.75 Å². The lowest BCUT2D eigenvalue weighted by molar-refractivity contribution is 0.170. The predicted octanol–water partition coefficient (Wildman–Crippen LogP) is 3.01. The van der Waals surface area contributed by atoms with Gasteiger partial charge in [-0.05, 0) is 52.7 Å². The highest BCUT2D eigenvalue weighted by molar-refractivity contribution is 6.14. The van der Waals surface area contributed by atoms with Crippen LogP contribution in [0.4, 0.5) is 11.5 Å². The van der Waals surface area contributed by atoms with E-state index in [4.69, 9.17) is 5.41 Å². The van der Waals surface area contributed by atoms with Crippen LogP contribution in [0.5, 0.6) is 5.75 Å². The van der Waals surface area contributed by atoms with Crippen molar-refractivity contribution in [3.8, 4) is 17.1 Å². The molecule has 0 unspecified atom stereocenters. The first-order valence-corrected chi connectivity index (χ1v) is 9.55. The molecule has 0 amide bonds. The summed E-state index contributed by atoms with van der Waals surface area (Å²) in [5.74, 6) is 0.976. The Kier molecular flexibility index (Phi) is 5.78. The molecule has 0 bridgehead atoms. The summed E-state index contributed by atoms with van der Waals surface area (Å²) >= 11 is 0. The van der Waals surface area contributed by atoms with Gasteiger partial charge in [0.2, 0.25) is 0 Å². The molecule has 1 fully saturated rings. The molecule has 0 saturated carbocycles. The van der Waals surface area contributed by atoms with Gasteiger partial charge in [-0.15, -0.1) is 10.2 Å². The summed E-state index contributed by atoms with van der Waals surface area (Å²) in [4.78, 5) is 4.36. The van der Waals surface area contributed by atoms with Crippen LogP contribution < -0.4 is 16.1 Å². The van der Waals surface area contributed by atoms with Gasteiger partial charge in [0, 0.05) is 29.4 Å². The monoisotopic (exact) mass is 396 g/mol. The fourth-order valence-electron chi connectivity index (χ4n) is 4.04. The SMILES string of the molecule is CC1(C)CC(Nc2cnc(-c3ccc(N/N=C\C=N)cc3O)nn2)CC(C)(C)N1. The molecule has 1 aliphatic rings. The van der Waals surface area contributed by atoms with Crippen molar-refractivity contribution in [2.75, 3.05) is 10.7 Å². The molecule has 1 aromatic carbocycles. The number of aromatic hydroxyl groups is 1. The second-order valence-electron chi connectivity index (χ2n) is 8.60. The lowest BCUT2D eigenvalue weighted by Crippen LogP contribution is -2.60. The molecule has 2 heterocycles. The van der Waals surface area contributed by atoms with Gasteiger partial charge in [0.15, 0.2) is 11.6 Å². The summed E-state index contributed by atoms with van der Waals surface area (Å²) in [6.45, 7) is 8.81. The second kappa shape index (κ2) is 8.12. The Balaban J connectivity index is 1.70. The van der Waals surface area contributed by atoms with E-state index in [9.17, 15) is 5.11 Å². The molecule has 154 valence electrons. The van der Waals surface area contributed by atoms with Crippen molar-refractivity contribution in [1.29, 1.82) is 5.41 Å². The van der Waals surface area contributed by atoms with E-state index in [1.807, 2.05) is 0 Å². The van der Waals surface area contributed by atoms with E-state index in [1.165, 1.54) is 12.3 Å². The number of nitrogens with one attached hydrogen (secondary N) is 4. The lowest BCUT2D eigenvalue weighted by Gasteiger charge is -2.46. The molecule has 0 radical (unpaired) electrons. The van der Waals surface area contributed by atoms with E-state index < -0.39 is 0 Å². The summed E-state index contributed by atoms with van der Waals surface area (Å²) in [7, 11) is 0. The number of phenols is 1. The highest BCUT2D eigenvalue weighted by atomic mass is 16.3. The van der Waals surface area contributed by atoms with Gasteiger partial charge in [-0.2, -0.15) is 5.10 Å². The Morgan fingerprint density at radius 3 is 2.52 bits per heavy atom. The summed E-state index contributed by atoms with van der Waals surface area (Å²) in [5, 5.41) is 36.5. The number of rotatable bonds is 6. The third-order valence-corrected chi connectivity index (χ3v) is 4.69. The second-order valence-corrected chi connectivity index (χ2v) is 8.60. The van der Waals surface area contributed by atoms with Crippen LogP contribution in [-0.4, -0.2) is 49.8 Å². The molecule has 0 spiro atoms. The Hall–Kier alpha value is -3.07. The van der Waals surface area contributed by atoms with E-state index in [1.54, 1.807) is 18.3 Å². The number of nitrogens with zero attached hydrogens (tertiary/aromatic N) is 4. The van der Waals surface area contributed by atoms with Crippen molar-refractivity contribution in [1.82, 2.24) is 20.5 Å². The fourth-order valence-corrected chi connectivity index (χ4v) is 4.04. The summed E-state index contributed by atoms with van der Waals surface area (Å²) in [6.07, 6.45) is 5.94. The minimum atomic E-state index is 0.0180. The molecule has 5 N–H and O–H groups in total. The van der Waals surface area contributed by atoms with Crippen LogP contribution >= 0.6 is 0 Å². The molecule has 1 aliphatic heterocycles. The van der Waals surface area contributed by atoms with E-state index in [-0.39, 0.29) is 22.9 Å². The number of benzene rings is 1. The molecule has 3 rings (SSSR count). The topological polar surface area (TPSA) is 131 Å². The van der Waals surface area contributed by atoms with Crippen LogP contribution in [0.3, 0.4) is 0 Å². The van der Waals surface area contributed by atoms with E-state index in [0.29, 0.717) is 22.9 Å². The molecule has 9 heteroatoms. The summed E-state index contributed by atoms with van der Waals surface area (Å²) in [5.41, 5.74) is 3.85. The highest BCUT2D eigenvalue weighted by Crippen LogP contribution is 2.31. The molecule has 2 aromatic rings. The van der Waals surface area contributed by atoms with Crippen LogP contribution in [-0.2, 0) is 0 Å². The number of hydrazone groups is 1. The number of piperidine rings is 1. The molecule has 0 aliphatic carbocycles. The molecule has 0 atom stereocenters. The van der Waals surface area contributed by atoms with E-state index >= 15 is 0 Å². The minimum Gasteiger partial charge on any atom is -0.507 e. The number of aromatic nitrogens is 3. The first-order chi connectivity index (χ1) is 13.7. The van der Waals surface area contributed by atoms with Crippen molar-refractivity contribution in [3.05, 3.63) is 24.4 Å². The van der Waals surface area contributed by atoms with Gasteiger partial charge in [0.25, 0.3) is 0 Å². The molecule has 29 heavy (non-hydrogen) atoms. The van der Waals surface area contributed by atoms with Crippen LogP contribution in [0.15, 0.2) is 29.5 Å². The largest absolute Gasteiger partial charge is 0.507 e. The van der Waals surface area contributed by atoms with Gasteiger partial charge >= 0.3 is 0 Å². The zero-order chi connectivity index (χ0) is 21.1. The quantitative estimate of drug-likeness (QED) is 0.375. The molecule has 1 saturated heterocycles. The minimum absolute atomic E-state index is 0.0180. The lowest BCUT2D eigenvalue weighted by atomic mass is 9.79. The van der Waals surface area contributed by atoms with Gasteiger partial charge in [-0.3, -0.25) is 5.43 Å². The Bertz CT molecular complexity index is 876. The number of hydrogen-bond acceptors (Lipinski definition) is 9. The number of anilines is 2. The number of phenolic OH excluding ortho intramolecular Hbond substituents is 1. The van der Waals surface area contributed by atoms with Crippen molar-refractivity contribution >= 4 is 23.9 Å². The first-order valence-electron chi connectivity index (χ1n) is 9.55. The molecular formula is C20H28N8O. The maximum atomic E-state index is 10.3. The van der Waals surface area contributed by atoms with Crippen molar-refractivity contribution in [3.63, 3.8) is 0 Å². The van der Waals surface area contributed by atoms with E-state index in [2.05, 4.69) is 64.0 Å². The fraction of sp³-hybridized carbons (Fsp3) is 0.450. The Labute approximate surface area is 170 Å². The van der Waals surface area contributed by atoms with Gasteiger partial charge < -0.3 is 21.1 Å². The zero-order valence-corrected chi connectivity index (χ0v) is 17.2. The van der Waals surface area contributed by atoms with Gasteiger partial charge in [0.05, 0.1) is 23.7 Å². The van der Waals surface area contributed by atoms with Crippen molar-refractivity contribution < 1.29 is 5.11 Å². The average molecular weight is 396 g/mol. The maximum Gasteiger partial charge on any atom is 0.185 e. The van der Waals surface area contributed by atoms with Crippen LogP contribution in [0.25, 0.3) is 11.4 Å². The van der Waals surface area contributed by atoms with E-state index in [0.717, 1.165) is 19.1 Å². The Morgan fingerprint density at radius 1 is 1.21 bits per heavy atom. The highest BCUT2D eigenvalue weighted by Gasteiger charge is 2.37. The third kappa shape index (κ3) is 5.47. The molecular weight excluding hydrogens is 368 g/mol. The zero-order valence-electron chi connectivity index (χ0n) is 17.2. The smallest absolute Gasteiger partial charge is 0.185 e. The Morgan fingerprint density at radius 2 is 1.93 bits per heavy atom.